The number of hydrogen-bond acceptors (Lipinski definition) is 3. The van der Waals surface area contributed by atoms with Crippen molar-refractivity contribution in [2.45, 2.75) is 18.4 Å². The average Bonchev–Trinajstić information content (AvgIpc) is 2.77. The van der Waals surface area contributed by atoms with Crippen molar-refractivity contribution in [1.82, 2.24) is 5.32 Å². The minimum absolute atomic E-state index is 0.00588. The summed E-state index contributed by atoms with van der Waals surface area (Å²) in [7, 11) is 1.61. The summed E-state index contributed by atoms with van der Waals surface area (Å²) in [5, 5.41) is 12.1. The predicted octanol–water partition coefficient (Wildman–Crippen LogP) is 1.23. The molecule has 86 valence electrons. The number of ether oxygens (including phenoxy) is 1. The van der Waals surface area contributed by atoms with Crippen molar-refractivity contribution in [3.63, 3.8) is 0 Å². The van der Waals surface area contributed by atoms with Gasteiger partial charge in [-0.05, 0) is 24.6 Å². The maximum Gasteiger partial charge on any atom is 0.321 e. The molecule has 2 atom stereocenters. The fourth-order valence-corrected chi connectivity index (χ4v) is 2.27. The summed E-state index contributed by atoms with van der Waals surface area (Å²) in [6, 6.07) is 7.10. The summed E-state index contributed by atoms with van der Waals surface area (Å²) >= 11 is 0. The third-order valence-corrected chi connectivity index (χ3v) is 3.03. The minimum atomic E-state index is -0.798. The molecule has 1 fully saturated rings. The fourth-order valence-electron chi connectivity index (χ4n) is 2.27. The van der Waals surface area contributed by atoms with E-state index in [1.807, 2.05) is 24.3 Å². The minimum Gasteiger partial charge on any atom is -0.496 e. The van der Waals surface area contributed by atoms with Crippen molar-refractivity contribution in [1.29, 1.82) is 0 Å². The van der Waals surface area contributed by atoms with Gasteiger partial charge in [-0.15, -0.1) is 0 Å². The van der Waals surface area contributed by atoms with Crippen molar-refractivity contribution >= 4 is 5.97 Å². The molecule has 0 radical (unpaired) electrons. The Balaban J connectivity index is 2.32. The molecule has 16 heavy (non-hydrogen) atoms. The standard InChI is InChI=1S/C12H15NO3/c1-16-10-5-3-2-4-8(10)9-6-7-13-11(9)12(14)15/h2-5,9,11,13H,6-7H2,1H3,(H,14,15)/t9-,11+/m1/s1. The van der Waals surface area contributed by atoms with Crippen LogP contribution in [0.5, 0.6) is 5.75 Å². The van der Waals surface area contributed by atoms with Crippen LogP contribution in [0.15, 0.2) is 24.3 Å². The lowest BCUT2D eigenvalue weighted by Gasteiger charge is -2.18. The highest BCUT2D eigenvalue weighted by Gasteiger charge is 2.34. The largest absolute Gasteiger partial charge is 0.496 e. The Morgan fingerprint density at radius 2 is 2.25 bits per heavy atom. The molecule has 4 heteroatoms. The van der Waals surface area contributed by atoms with E-state index in [9.17, 15) is 4.79 Å². The number of carboxylic acids is 1. The predicted molar refractivity (Wildman–Crippen MR) is 59.8 cm³/mol. The van der Waals surface area contributed by atoms with Gasteiger partial charge in [0.05, 0.1) is 7.11 Å². The Morgan fingerprint density at radius 1 is 1.50 bits per heavy atom. The zero-order chi connectivity index (χ0) is 11.5. The average molecular weight is 221 g/mol. The van der Waals surface area contributed by atoms with Crippen LogP contribution in [0.2, 0.25) is 0 Å². The molecule has 2 N–H and O–H groups in total. The molecular weight excluding hydrogens is 206 g/mol. The van der Waals surface area contributed by atoms with Crippen LogP contribution in [0, 0.1) is 0 Å². The molecule has 0 aromatic heterocycles. The normalized spacial score (nSPS) is 24.3. The number of nitrogens with one attached hydrogen (secondary N) is 1. The second kappa shape index (κ2) is 4.53. The lowest BCUT2D eigenvalue weighted by Crippen LogP contribution is -2.34. The van der Waals surface area contributed by atoms with Crippen molar-refractivity contribution in [2.24, 2.45) is 0 Å². The Kier molecular flexibility index (Phi) is 3.10. The molecule has 1 aliphatic rings. The molecule has 0 aliphatic carbocycles. The number of carboxylic acid groups (broad SMARTS) is 1. The number of methoxy groups -OCH3 is 1. The van der Waals surface area contributed by atoms with Crippen LogP contribution in [-0.2, 0) is 4.79 Å². The SMILES string of the molecule is COc1ccccc1[C@H]1CCN[C@@H]1C(=O)O. The number of carbonyl (C=O) groups is 1. The highest BCUT2D eigenvalue weighted by molar-refractivity contribution is 5.75. The van der Waals surface area contributed by atoms with E-state index < -0.39 is 12.0 Å². The van der Waals surface area contributed by atoms with E-state index >= 15 is 0 Å². The molecular formula is C12H15NO3. The number of aliphatic carboxylic acids is 1. The van der Waals surface area contributed by atoms with Gasteiger partial charge in [0, 0.05) is 5.92 Å². The first-order chi connectivity index (χ1) is 7.74. The number of hydrogen-bond donors (Lipinski definition) is 2. The summed E-state index contributed by atoms with van der Waals surface area (Å²) in [6.07, 6.45) is 0.831. The number of para-hydroxylation sites is 1. The van der Waals surface area contributed by atoms with Gasteiger partial charge in [0.25, 0.3) is 0 Å². The topological polar surface area (TPSA) is 58.6 Å². The van der Waals surface area contributed by atoms with Crippen LogP contribution in [0.25, 0.3) is 0 Å². The van der Waals surface area contributed by atoms with E-state index in [1.54, 1.807) is 7.11 Å². The fraction of sp³-hybridized carbons (Fsp3) is 0.417. The molecule has 0 bridgehead atoms. The molecule has 1 aromatic rings. The lowest BCUT2D eigenvalue weighted by atomic mass is 9.91. The van der Waals surface area contributed by atoms with E-state index in [-0.39, 0.29) is 5.92 Å². The maximum absolute atomic E-state index is 11.1. The van der Waals surface area contributed by atoms with Crippen LogP contribution in [0.1, 0.15) is 17.9 Å². The van der Waals surface area contributed by atoms with Crippen LogP contribution in [-0.4, -0.2) is 30.8 Å². The molecule has 2 rings (SSSR count). The van der Waals surface area contributed by atoms with E-state index in [4.69, 9.17) is 9.84 Å². The van der Waals surface area contributed by atoms with E-state index in [0.29, 0.717) is 0 Å². The third kappa shape index (κ3) is 1.88. The number of rotatable bonds is 3. The first kappa shape index (κ1) is 11.0. The van der Waals surface area contributed by atoms with Crippen LogP contribution >= 0.6 is 0 Å². The third-order valence-electron chi connectivity index (χ3n) is 3.03. The molecule has 0 amide bonds. The van der Waals surface area contributed by atoms with Gasteiger partial charge in [0.15, 0.2) is 0 Å². The summed E-state index contributed by atoms with van der Waals surface area (Å²) in [6.45, 7) is 0.736. The Morgan fingerprint density at radius 3 is 2.94 bits per heavy atom. The Bertz CT molecular complexity index is 392. The van der Waals surface area contributed by atoms with Crippen LogP contribution < -0.4 is 10.1 Å². The molecule has 4 nitrogen and oxygen atoms in total. The van der Waals surface area contributed by atoms with Crippen LogP contribution in [0.3, 0.4) is 0 Å². The zero-order valence-electron chi connectivity index (χ0n) is 9.14. The molecule has 1 heterocycles. The summed E-state index contributed by atoms with van der Waals surface area (Å²) in [5.41, 5.74) is 0.974. The van der Waals surface area contributed by atoms with Crippen molar-refractivity contribution < 1.29 is 14.6 Å². The van der Waals surface area contributed by atoms with Crippen LogP contribution in [0.4, 0.5) is 0 Å². The molecule has 1 aliphatic heterocycles. The highest BCUT2D eigenvalue weighted by atomic mass is 16.5. The van der Waals surface area contributed by atoms with E-state index in [2.05, 4.69) is 5.32 Å². The molecule has 0 saturated carbocycles. The van der Waals surface area contributed by atoms with Crippen molar-refractivity contribution in [3.05, 3.63) is 29.8 Å². The molecule has 1 saturated heterocycles. The van der Waals surface area contributed by atoms with E-state index in [1.165, 1.54) is 0 Å². The molecule has 0 unspecified atom stereocenters. The quantitative estimate of drug-likeness (QED) is 0.806. The Labute approximate surface area is 94.2 Å². The summed E-state index contributed by atoms with van der Waals surface area (Å²) < 4.78 is 5.27. The zero-order valence-corrected chi connectivity index (χ0v) is 9.14. The summed E-state index contributed by atoms with van der Waals surface area (Å²) in [4.78, 5) is 11.1. The van der Waals surface area contributed by atoms with Gasteiger partial charge in [0.1, 0.15) is 11.8 Å². The second-order valence-electron chi connectivity index (χ2n) is 3.91. The van der Waals surface area contributed by atoms with Crippen molar-refractivity contribution in [3.8, 4) is 5.75 Å². The van der Waals surface area contributed by atoms with Gasteiger partial charge >= 0.3 is 5.97 Å². The highest BCUT2D eigenvalue weighted by Crippen LogP contribution is 2.33. The van der Waals surface area contributed by atoms with Gasteiger partial charge in [-0.25, -0.2) is 0 Å². The van der Waals surface area contributed by atoms with Gasteiger partial charge in [-0.3, -0.25) is 4.79 Å². The summed E-state index contributed by atoms with van der Waals surface area (Å²) in [5.74, 6) is -0.0375. The van der Waals surface area contributed by atoms with Crippen molar-refractivity contribution in [2.75, 3.05) is 13.7 Å². The van der Waals surface area contributed by atoms with Gasteiger partial charge in [0.2, 0.25) is 0 Å². The van der Waals surface area contributed by atoms with Gasteiger partial charge < -0.3 is 15.2 Å². The molecule has 0 spiro atoms. The Hall–Kier alpha value is -1.55. The second-order valence-corrected chi connectivity index (χ2v) is 3.91. The number of benzene rings is 1. The lowest BCUT2D eigenvalue weighted by molar-refractivity contribution is -0.139. The first-order valence-corrected chi connectivity index (χ1v) is 5.33. The first-order valence-electron chi connectivity index (χ1n) is 5.33. The van der Waals surface area contributed by atoms with Gasteiger partial charge in [-0.2, -0.15) is 0 Å². The van der Waals surface area contributed by atoms with Gasteiger partial charge in [-0.1, -0.05) is 18.2 Å². The maximum atomic E-state index is 11.1. The molecule has 1 aromatic carbocycles. The smallest absolute Gasteiger partial charge is 0.321 e. The monoisotopic (exact) mass is 221 g/mol. The van der Waals surface area contributed by atoms with E-state index in [0.717, 1.165) is 24.3 Å².